The molecule has 27 heavy (non-hydrogen) atoms. The lowest BCUT2D eigenvalue weighted by molar-refractivity contribution is -0.111. The van der Waals surface area contributed by atoms with Crippen LogP contribution in [0.4, 0.5) is 11.4 Å². The summed E-state index contributed by atoms with van der Waals surface area (Å²) in [5.41, 5.74) is 3.48. The smallest absolute Gasteiger partial charge is 0.262 e. The van der Waals surface area contributed by atoms with Gasteiger partial charge in [-0.1, -0.05) is 11.6 Å². The predicted molar refractivity (Wildman–Crippen MR) is 108 cm³/mol. The van der Waals surface area contributed by atoms with Crippen molar-refractivity contribution < 1.29 is 9.90 Å². The molecule has 0 bridgehead atoms. The van der Waals surface area contributed by atoms with Gasteiger partial charge in [-0.25, -0.2) is 4.98 Å². The monoisotopic (exact) mass is 382 g/mol. The predicted octanol–water partition coefficient (Wildman–Crippen LogP) is 4.07. The molecule has 0 saturated heterocycles. The summed E-state index contributed by atoms with van der Waals surface area (Å²) in [6.45, 7) is 0.563. The van der Waals surface area contributed by atoms with Gasteiger partial charge in [0.15, 0.2) is 0 Å². The molecule has 1 aliphatic rings. The number of nitrogens with zero attached hydrogens (tertiary/aromatic N) is 3. The van der Waals surface area contributed by atoms with Gasteiger partial charge in [0.2, 0.25) is 0 Å². The van der Waals surface area contributed by atoms with Gasteiger partial charge in [-0.2, -0.15) is 0 Å². The van der Waals surface area contributed by atoms with Crippen LogP contribution in [0.15, 0.2) is 48.2 Å². The Morgan fingerprint density at radius 3 is 2.67 bits per heavy atom. The van der Waals surface area contributed by atoms with Crippen LogP contribution in [-0.2, 0) is 11.3 Å². The largest absolute Gasteiger partial charge is 0.511 e. The summed E-state index contributed by atoms with van der Waals surface area (Å²) in [5.74, 6) is 0.122. The summed E-state index contributed by atoms with van der Waals surface area (Å²) in [6.07, 6.45) is 0.378. The highest BCUT2D eigenvalue weighted by atomic mass is 35.5. The average molecular weight is 383 g/mol. The Balaban J connectivity index is 1.68. The maximum absolute atomic E-state index is 12.9. The molecule has 0 atom stereocenters. The van der Waals surface area contributed by atoms with Crippen LogP contribution in [-0.4, -0.2) is 34.7 Å². The van der Waals surface area contributed by atoms with Crippen molar-refractivity contribution in [2.24, 2.45) is 0 Å². The number of carbonyl (C=O) groups excluding carboxylic acids is 1. The number of nitrogens with one attached hydrogen (secondary N) is 1. The van der Waals surface area contributed by atoms with Gasteiger partial charge in [-0.15, -0.1) is 0 Å². The molecule has 6 nitrogen and oxygen atoms in total. The van der Waals surface area contributed by atoms with E-state index in [1.54, 1.807) is 12.1 Å². The van der Waals surface area contributed by atoms with E-state index in [0.29, 0.717) is 35.0 Å². The molecule has 0 radical (unpaired) electrons. The Morgan fingerprint density at radius 1 is 1.22 bits per heavy atom. The molecule has 0 aliphatic carbocycles. The number of fused-ring (bicyclic) bond motifs is 3. The first-order valence-corrected chi connectivity index (χ1v) is 8.99. The van der Waals surface area contributed by atoms with E-state index in [9.17, 15) is 9.90 Å². The molecule has 0 spiro atoms. The number of aromatic nitrogens is 2. The number of allylic oxidation sites excluding steroid dienone is 1. The second-order valence-electron chi connectivity index (χ2n) is 6.69. The van der Waals surface area contributed by atoms with Gasteiger partial charge in [0.1, 0.15) is 17.2 Å². The second kappa shape index (κ2) is 6.63. The molecule has 2 heterocycles. The minimum atomic E-state index is -0.382. The first-order chi connectivity index (χ1) is 12.9. The highest BCUT2D eigenvalue weighted by molar-refractivity contribution is 6.31. The second-order valence-corrected chi connectivity index (χ2v) is 7.12. The van der Waals surface area contributed by atoms with Crippen LogP contribution >= 0.6 is 11.6 Å². The van der Waals surface area contributed by atoms with Crippen molar-refractivity contribution in [3.63, 3.8) is 0 Å². The van der Waals surface area contributed by atoms with Crippen LogP contribution in [0, 0.1) is 0 Å². The summed E-state index contributed by atoms with van der Waals surface area (Å²) in [5, 5.41) is 13.8. The number of rotatable bonds is 3. The third-order valence-corrected chi connectivity index (χ3v) is 4.90. The first kappa shape index (κ1) is 17.4. The number of hydrogen-bond acceptors (Lipinski definition) is 4. The van der Waals surface area contributed by atoms with Crippen LogP contribution in [0.1, 0.15) is 12.2 Å². The molecular weight excluding hydrogens is 364 g/mol. The molecule has 0 saturated carbocycles. The Kier molecular flexibility index (Phi) is 4.28. The lowest BCUT2D eigenvalue weighted by atomic mass is 10.1. The maximum Gasteiger partial charge on any atom is 0.262 e. The summed E-state index contributed by atoms with van der Waals surface area (Å²) >= 11 is 6.06. The highest BCUT2D eigenvalue weighted by Crippen LogP contribution is 2.31. The van der Waals surface area contributed by atoms with Crippen LogP contribution in [0.25, 0.3) is 16.6 Å². The molecule has 0 fully saturated rings. The molecule has 138 valence electrons. The van der Waals surface area contributed by atoms with Gasteiger partial charge in [0.05, 0.1) is 11.0 Å². The van der Waals surface area contributed by atoms with Crippen LogP contribution in [0.2, 0.25) is 5.02 Å². The number of halogens is 1. The van der Waals surface area contributed by atoms with E-state index in [4.69, 9.17) is 11.6 Å². The van der Waals surface area contributed by atoms with Gasteiger partial charge in [0.25, 0.3) is 5.91 Å². The number of anilines is 2. The van der Waals surface area contributed by atoms with Crippen molar-refractivity contribution >= 4 is 45.5 Å². The fourth-order valence-corrected chi connectivity index (χ4v) is 3.43. The van der Waals surface area contributed by atoms with Crippen LogP contribution < -0.4 is 10.2 Å². The molecular formula is C20H19ClN4O2. The van der Waals surface area contributed by atoms with Gasteiger partial charge >= 0.3 is 0 Å². The van der Waals surface area contributed by atoms with Crippen LogP contribution in [0.3, 0.4) is 0 Å². The molecule has 3 aromatic rings. The van der Waals surface area contributed by atoms with E-state index >= 15 is 0 Å². The van der Waals surface area contributed by atoms with Gasteiger partial charge in [0, 0.05) is 43.5 Å². The lowest BCUT2D eigenvalue weighted by Crippen LogP contribution is -2.22. The fourth-order valence-electron chi connectivity index (χ4n) is 3.26. The highest BCUT2D eigenvalue weighted by Gasteiger charge is 2.28. The zero-order valence-corrected chi connectivity index (χ0v) is 15.8. The maximum atomic E-state index is 12.9. The Hall–Kier alpha value is -2.99. The Bertz CT molecular complexity index is 1070. The number of aliphatic hydroxyl groups is 1. The zero-order chi connectivity index (χ0) is 19.1. The summed E-state index contributed by atoms with van der Waals surface area (Å²) in [6, 6.07) is 12.9. The van der Waals surface area contributed by atoms with Crippen molar-refractivity contribution in [1.82, 2.24) is 9.55 Å². The normalized spacial score (nSPS) is 13.6. The SMILES string of the molecule is CN(C)c1ccc(NC(=O)C2=C(O)CCn3c2nc2cc(Cl)ccc23)cc1. The van der Waals surface area contributed by atoms with Crippen LogP contribution in [0.5, 0.6) is 0 Å². The van der Waals surface area contributed by atoms with Crippen molar-refractivity contribution in [2.45, 2.75) is 13.0 Å². The summed E-state index contributed by atoms with van der Waals surface area (Å²) < 4.78 is 1.94. The number of amides is 1. The Labute approximate surface area is 161 Å². The van der Waals surface area contributed by atoms with Crippen molar-refractivity contribution in [3.8, 4) is 0 Å². The number of hydrogen-bond donors (Lipinski definition) is 2. The van der Waals surface area contributed by atoms with E-state index in [1.807, 2.05) is 53.9 Å². The fraction of sp³-hybridized carbons (Fsp3) is 0.200. The van der Waals surface area contributed by atoms with Crippen molar-refractivity contribution in [1.29, 1.82) is 0 Å². The lowest BCUT2D eigenvalue weighted by Gasteiger charge is -2.19. The molecule has 1 aliphatic heterocycles. The first-order valence-electron chi connectivity index (χ1n) is 8.61. The standard InChI is InChI=1S/C20H19ClN4O2/c1-24(2)14-6-4-13(5-7-14)22-20(27)18-17(26)9-10-25-16-8-3-12(21)11-15(16)23-19(18)25/h3-8,11,26H,9-10H2,1-2H3,(H,22,27). The minimum Gasteiger partial charge on any atom is -0.511 e. The van der Waals surface area contributed by atoms with E-state index in [-0.39, 0.29) is 17.2 Å². The number of carbonyl (C=O) groups is 1. The van der Waals surface area contributed by atoms with Gasteiger partial charge in [-0.05, 0) is 42.5 Å². The number of imidazole rings is 1. The molecule has 7 heteroatoms. The quantitative estimate of drug-likeness (QED) is 0.716. The van der Waals surface area contributed by atoms with E-state index in [0.717, 1.165) is 11.2 Å². The summed E-state index contributed by atoms with van der Waals surface area (Å²) in [4.78, 5) is 19.4. The molecule has 1 aromatic heterocycles. The molecule has 0 unspecified atom stereocenters. The van der Waals surface area contributed by atoms with Crippen molar-refractivity contribution in [2.75, 3.05) is 24.3 Å². The van der Waals surface area contributed by atoms with Crippen molar-refractivity contribution in [3.05, 3.63) is 59.1 Å². The Morgan fingerprint density at radius 2 is 1.96 bits per heavy atom. The molecule has 2 aromatic carbocycles. The van der Waals surface area contributed by atoms with E-state index in [1.165, 1.54) is 0 Å². The molecule has 4 rings (SSSR count). The topological polar surface area (TPSA) is 70.4 Å². The zero-order valence-electron chi connectivity index (χ0n) is 15.0. The number of benzene rings is 2. The van der Waals surface area contributed by atoms with E-state index < -0.39 is 0 Å². The third kappa shape index (κ3) is 3.13. The minimum absolute atomic E-state index is 0.0475. The van der Waals surface area contributed by atoms with Gasteiger partial charge in [-0.3, -0.25) is 4.79 Å². The number of aryl methyl sites for hydroxylation is 1. The third-order valence-electron chi connectivity index (χ3n) is 4.66. The summed E-state index contributed by atoms with van der Waals surface area (Å²) in [7, 11) is 3.91. The molecule has 1 amide bonds. The average Bonchev–Trinajstić information content (AvgIpc) is 2.98. The number of aliphatic hydroxyl groups excluding tert-OH is 1. The van der Waals surface area contributed by atoms with Gasteiger partial charge < -0.3 is 19.9 Å². The van der Waals surface area contributed by atoms with E-state index in [2.05, 4.69) is 10.3 Å². The molecule has 2 N–H and O–H groups in total.